The van der Waals surface area contributed by atoms with Crippen molar-refractivity contribution in [3.05, 3.63) is 41.5 Å². The molecule has 1 saturated heterocycles. The molecule has 1 aromatic carbocycles. The lowest BCUT2D eigenvalue weighted by Gasteiger charge is -2.42. The number of hydrogen-bond acceptors (Lipinski definition) is 5. The summed E-state index contributed by atoms with van der Waals surface area (Å²) in [6, 6.07) is 7.40. The zero-order chi connectivity index (χ0) is 17.3. The molecule has 0 radical (unpaired) electrons. The minimum atomic E-state index is -0.188. The van der Waals surface area contributed by atoms with Gasteiger partial charge in [-0.15, -0.1) is 10.2 Å². The molecule has 0 unspecified atom stereocenters. The number of aromatic nitrogens is 4. The summed E-state index contributed by atoms with van der Waals surface area (Å²) in [6.07, 6.45) is 4.93. The van der Waals surface area contributed by atoms with Gasteiger partial charge < -0.3 is 9.64 Å². The topological polar surface area (TPSA) is 84.0 Å². The molecule has 7 heteroatoms. The second-order valence-electron chi connectivity index (χ2n) is 6.73. The lowest BCUT2D eigenvalue weighted by molar-refractivity contribution is -0.0522. The van der Waals surface area contributed by atoms with Crippen molar-refractivity contribution in [2.24, 2.45) is 0 Å². The van der Waals surface area contributed by atoms with Crippen LogP contribution >= 0.6 is 0 Å². The molecule has 0 saturated carbocycles. The summed E-state index contributed by atoms with van der Waals surface area (Å²) in [5.41, 5.74) is 2.50. The van der Waals surface area contributed by atoms with Crippen LogP contribution in [0.5, 0.6) is 0 Å². The van der Waals surface area contributed by atoms with Gasteiger partial charge in [0.15, 0.2) is 0 Å². The van der Waals surface area contributed by atoms with E-state index in [1.54, 1.807) is 0 Å². The van der Waals surface area contributed by atoms with E-state index in [2.05, 4.69) is 33.6 Å². The van der Waals surface area contributed by atoms with Crippen LogP contribution in [-0.4, -0.2) is 56.7 Å². The number of benzene rings is 1. The van der Waals surface area contributed by atoms with Crippen LogP contribution in [0, 0.1) is 0 Å². The summed E-state index contributed by atoms with van der Waals surface area (Å²) in [7, 11) is 0. The van der Waals surface area contributed by atoms with E-state index in [1.807, 2.05) is 29.2 Å². The molecule has 2 aliphatic rings. The average molecular weight is 339 g/mol. The molecule has 1 fully saturated rings. The van der Waals surface area contributed by atoms with E-state index in [9.17, 15) is 4.79 Å². The molecular weight excluding hydrogens is 318 g/mol. The number of nitrogens with zero attached hydrogens (tertiary/aromatic N) is 4. The number of H-pyrrole nitrogens is 1. The van der Waals surface area contributed by atoms with E-state index in [0.29, 0.717) is 30.0 Å². The molecule has 0 atom stereocenters. The molecule has 25 heavy (non-hydrogen) atoms. The molecule has 7 nitrogen and oxygen atoms in total. The number of likely N-dealkylation sites (tertiary alicyclic amines) is 1. The zero-order valence-electron chi connectivity index (χ0n) is 14.2. The predicted molar refractivity (Wildman–Crippen MR) is 91.8 cm³/mol. The van der Waals surface area contributed by atoms with Crippen molar-refractivity contribution in [3.8, 4) is 11.4 Å². The second kappa shape index (κ2) is 6.40. The third kappa shape index (κ3) is 3.07. The number of nitrogens with one attached hydrogen (secondary N) is 1. The van der Waals surface area contributed by atoms with Crippen LogP contribution in [-0.2, 0) is 4.74 Å². The Labute approximate surface area is 146 Å². The van der Waals surface area contributed by atoms with Crippen molar-refractivity contribution >= 4 is 5.91 Å². The molecule has 1 aromatic heterocycles. The Hall–Kier alpha value is -2.54. The highest BCUT2D eigenvalue weighted by Gasteiger charge is 2.37. The maximum atomic E-state index is 13.0. The summed E-state index contributed by atoms with van der Waals surface area (Å²) in [5, 5.41) is 14.0. The first-order chi connectivity index (χ1) is 12.2. The maximum absolute atomic E-state index is 13.0. The van der Waals surface area contributed by atoms with Crippen molar-refractivity contribution < 1.29 is 9.53 Å². The van der Waals surface area contributed by atoms with Gasteiger partial charge in [0.1, 0.15) is 0 Å². The van der Waals surface area contributed by atoms with Gasteiger partial charge in [0.2, 0.25) is 5.82 Å². The summed E-state index contributed by atoms with van der Waals surface area (Å²) < 4.78 is 6.05. The van der Waals surface area contributed by atoms with Crippen molar-refractivity contribution in [2.75, 3.05) is 19.7 Å². The van der Waals surface area contributed by atoms with Crippen LogP contribution in [0.4, 0.5) is 0 Å². The fourth-order valence-corrected chi connectivity index (χ4v) is 3.67. The quantitative estimate of drug-likeness (QED) is 0.848. The highest BCUT2D eigenvalue weighted by atomic mass is 16.5. The molecule has 2 aliphatic heterocycles. The minimum Gasteiger partial charge on any atom is -0.370 e. The van der Waals surface area contributed by atoms with Crippen LogP contribution in [0.1, 0.15) is 36.5 Å². The highest BCUT2D eigenvalue weighted by Crippen LogP contribution is 2.34. The fourth-order valence-electron chi connectivity index (χ4n) is 3.67. The van der Waals surface area contributed by atoms with E-state index in [-0.39, 0.29) is 11.5 Å². The minimum absolute atomic E-state index is 0.00626. The first-order valence-corrected chi connectivity index (χ1v) is 8.61. The van der Waals surface area contributed by atoms with E-state index >= 15 is 0 Å². The van der Waals surface area contributed by atoms with Gasteiger partial charge in [0.25, 0.3) is 5.91 Å². The Bertz CT molecular complexity index is 792. The molecule has 3 heterocycles. The number of aromatic amines is 1. The molecule has 2 aromatic rings. The van der Waals surface area contributed by atoms with Crippen molar-refractivity contribution in [3.63, 3.8) is 0 Å². The number of rotatable bonds is 2. The molecule has 1 spiro atoms. The smallest absolute Gasteiger partial charge is 0.254 e. The number of carbonyl (C=O) groups excluding carboxylic acids is 1. The zero-order valence-corrected chi connectivity index (χ0v) is 14.2. The average Bonchev–Trinajstić information content (AvgIpc) is 3.16. The molecule has 0 aliphatic carbocycles. The summed E-state index contributed by atoms with van der Waals surface area (Å²) in [4.78, 5) is 14.9. The van der Waals surface area contributed by atoms with Crippen LogP contribution in [0.2, 0.25) is 0 Å². The number of piperidine rings is 1. The number of hydrogen-bond donors (Lipinski definition) is 1. The Morgan fingerprint density at radius 2 is 2.08 bits per heavy atom. The van der Waals surface area contributed by atoms with Gasteiger partial charge in [0.05, 0.1) is 17.8 Å². The first-order valence-electron chi connectivity index (χ1n) is 8.61. The van der Waals surface area contributed by atoms with Crippen LogP contribution in [0.25, 0.3) is 11.4 Å². The van der Waals surface area contributed by atoms with Crippen molar-refractivity contribution in [1.82, 2.24) is 25.5 Å². The Morgan fingerprint density at radius 3 is 2.80 bits per heavy atom. The number of amides is 1. The van der Waals surface area contributed by atoms with Gasteiger partial charge >= 0.3 is 0 Å². The Balaban J connectivity index is 1.53. The summed E-state index contributed by atoms with van der Waals surface area (Å²) in [5.74, 6) is 0.443. The van der Waals surface area contributed by atoms with Crippen molar-refractivity contribution in [2.45, 2.75) is 31.8 Å². The van der Waals surface area contributed by atoms with Gasteiger partial charge in [-0.1, -0.05) is 29.8 Å². The van der Waals surface area contributed by atoms with Gasteiger partial charge in [0, 0.05) is 18.7 Å². The molecule has 130 valence electrons. The Morgan fingerprint density at radius 1 is 1.28 bits per heavy atom. The van der Waals surface area contributed by atoms with Crippen molar-refractivity contribution in [1.29, 1.82) is 0 Å². The SMILES string of the molecule is CC1=CC2(CCN(C(=O)c3ccccc3-c3nn[nH]n3)CC2)OCC1. The third-order valence-electron chi connectivity index (χ3n) is 5.04. The maximum Gasteiger partial charge on any atom is 0.254 e. The Kier molecular flexibility index (Phi) is 4.09. The van der Waals surface area contributed by atoms with Gasteiger partial charge in [-0.2, -0.15) is 5.21 Å². The lowest BCUT2D eigenvalue weighted by Crippen LogP contribution is -2.48. The normalized spacial score (nSPS) is 19.7. The van der Waals surface area contributed by atoms with E-state index in [4.69, 9.17) is 4.74 Å². The third-order valence-corrected chi connectivity index (χ3v) is 5.04. The van der Waals surface area contributed by atoms with Gasteiger partial charge in [-0.3, -0.25) is 4.79 Å². The number of ether oxygens (including phenoxy) is 1. The van der Waals surface area contributed by atoms with E-state index in [0.717, 1.165) is 25.9 Å². The molecular formula is C18H21N5O2. The summed E-state index contributed by atoms with van der Waals surface area (Å²) in [6.45, 7) is 4.30. The number of carbonyl (C=O) groups is 1. The van der Waals surface area contributed by atoms with Crippen LogP contribution < -0.4 is 0 Å². The lowest BCUT2D eigenvalue weighted by atomic mass is 9.86. The molecule has 1 N–H and O–H groups in total. The molecule has 4 rings (SSSR count). The highest BCUT2D eigenvalue weighted by molar-refractivity contribution is 6.00. The summed E-state index contributed by atoms with van der Waals surface area (Å²) >= 11 is 0. The fraction of sp³-hybridized carbons (Fsp3) is 0.444. The van der Waals surface area contributed by atoms with Crippen LogP contribution in [0.15, 0.2) is 35.9 Å². The second-order valence-corrected chi connectivity index (χ2v) is 6.73. The standard InChI is InChI=1S/C18H21N5O2/c1-13-6-11-25-18(12-13)7-9-23(10-8-18)17(24)15-5-3-2-4-14(15)16-19-21-22-20-16/h2-5,12H,6-11H2,1H3,(H,19,20,21,22). The number of tetrazole rings is 1. The molecule has 0 bridgehead atoms. The first kappa shape index (κ1) is 16.0. The van der Waals surface area contributed by atoms with Gasteiger partial charge in [-0.25, -0.2) is 0 Å². The predicted octanol–water partition coefficient (Wildman–Crippen LogP) is 2.21. The van der Waals surface area contributed by atoms with E-state index < -0.39 is 0 Å². The van der Waals surface area contributed by atoms with Crippen LogP contribution in [0.3, 0.4) is 0 Å². The van der Waals surface area contributed by atoms with Gasteiger partial charge in [-0.05, 0) is 37.5 Å². The monoisotopic (exact) mass is 339 g/mol. The van der Waals surface area contributed by atoms with E-state index in [1.165, 1.54) is 5.57 Å². The molecule has 1 amide bonds. The largest absolute Gasteiger partial charge is 0.370 e.